The zero-order chi connectivity index (χ0) is 23.7. The molecule has 1 aliphatic heterocycles. The Hall–Kier alpha value is -2.90. The van der Waals surface area contributed by atoms with Crippen molar-refractivity contribution in [3.05, 3.63) is 69.6 Å². The van der Waals surface area contributed by atoms with Crippen LogP contribution < -0.4 is 0 Å². The van der Waals surface area contributed by atoms with Crippen LogP contribution in [0.15, 0.2) is 48.5 Å². The van der Waals surface area contributed by atoms with Crippen LogP contribution in [0.5, 0.6) is 0 Å². The number of carbonyl (C=O) groups is 1. The fourth-order valence-electron chi connectivity index (χ4n) is 4.66. The molecule has 5 rings (SSSR count). The van der Waals surface area contributed by atoms with E-state index in [9.17, 15) is 4.79 Å². The summed E-state index contributed by atoms with van der Waals surface area (Å²) in [5.41, 5.74) is 4.59. The summed E-state index contributed by atoms with van der Waals surface area (Å²) in [7, 11) is 0. The Bertz CT molecular complexity index is 1380. The molecule has 0 saturated heterocycles. The van der Waals surface area contributed by atoms with E-state index < -0.39 is 0 Å². The zero-order valence-electron chi connectivity index (χ0n) is 19.3. The van der Waals surface area contributed by atoms with Crippen molar-refractivity contribution in [2.24, 2.45) is 0 Å². The van der Waals surface area contributed by atoms with Gasteiger partial charge in [-0.25, -0.2) is 4.68 Å². The molecule has 1 amide bonds. The quantitative estimate of drug-likeness (QED) is 0.322. The molecule has 4 aromatic rings. The van der Waals surface area contributed by atoms with Crippen molar-refractivity contribution in [2.75, 3.05) is 6.54 Å². The Morgan fingerprint density at radius 1 is 1.15 bits per heavy atom. The number of amides is 1. The number of rotatable bonds is 7. The van der Waals surface area contributed by atoms with Gasteiger partial charge in [-0.15, -0.1) is 0 Å². The normalized spacial score (nSPS) is 13.4. The lowest BCUT2D eigenvalue weighted by Gasteiger charge is -2.27. The second-order valence-electron chi connectivity index (χ2n) is 8.78. The van der Waals surface area contributed by atoms with Crippen molar-refractivity contribution in [3.63, 3.8) is 0 Å². The van der Waals surface area contributed by atoms with Crippen molar-refractivity contribution in [1.29, 1.82) is 0 Å². The highest BCUT2D eigenvalue weighted by atomic mass is 35.5. The Morgan fingerprint density at radius 3 is 2.74 bits per heavy atom. The van der Waals surface area contributed by atoms with Crippen molar-refractivity contribution in [1.82, 2.24) is 24.2 Å². The van der Waals surface area contributed by atoms with Crippen molar-refractivity contribution in [3.8, 4) is 11.4 Å². The average molecular weight is 494 g/mol. The number of aromatic nitrogens is 4. The van der Waals surface area contributed by atoms with Crippen LogP contribution in [-0.2, 0) is 30.8 Å². The summed E-state index contributed by atoms with van der Waals surface area (Å²) in [6, 6.07) is 16.0. The summed E-state index contributed by atoms with van der Waals surface area (Å²) in [5.74, 6) is 0.956. The van der Waals surface area contributed by atoms with E-state index in [2.05, 4.69) is 28.6 Å². The summed E-state index contributed by atoms with van der Waals surface area (Å²) in [4.78, 5) is 18.6. The second-order valence-corrected chi connectivity index (χ2v) is 9.59. The molecule has 1 aliphatic rings. The maximum absolute atomic E-state index is 13.1. The highest BCUT2D eigenvalue weighted by Gasteiger charge is 2.24. The standard InChI is InChI=1S/C26H28ClN5OS/c1-2-3-14-31-25(18-8-10-19(27)11-9-18)29-32(26(31)34)16-13-24(33)30-15-12-23-21(17-30)20-6-4-5-7-22(20)28-23/h4-11,28H,2-3,12-17H2,1H3. The van der Waals surface area contributed by atoms with Gasteiger partial charge in [0.05, 0.1) is 6.54 Å². The Labute approximate surface area is 209 Å². The Kier molecular flexibility index (Phi) is 6.57. The smallest absolute Gasteiger partial charge is 0.224 e. The fraction of sp³-hybridized carbons (Fsp3) is 0.346. The zero-order valence-corrected chi connectivity index (χ0v) is 20.8. The molecule has 0 fully saturated rings. The van der Waals surface area contributed by atoms with Crippen LogP contribution in [-0.4, -0.2) is 36.7 Å². The molecule has 0 saturated carbocycles. The van der Waals surface area contributed by atoms with Crippen molar-refractivity contribution < 1.29 is 4.79 Å². The van der Waals surface area contributed by atoms with E-state index in [-0.39, 0.29) is 5.91 Å². The number of aromatic amines is 1. The summed E-state index contributed by atoms with van der Waals surface area (Å²) in [6.07, 6.45) is 3.30. The van der Waals surface area contributed by atoms with Crippen molar-refractivity contribution >= 4 is 40.6 Å². The number of unbranched alkanes of at least 4 members (excludes halogenated alkanes) is 1. The van der Waals surface area contributed by atoms with Gasteiger partial charge < -0.3 is 9.88 Å². The summed E-state index contributed by atoms with van der Waals surface area (Å²) in [5, 5.41) is 6.70. The van der Waals surface area contributed by atoms with Crippen LogP contribution in [0.2, 0.25) is 5.02 Å². The van der Waals surface area contributed by atoms with E-state index in [1.807, 2.05) is 41.3 Å². The Balaban J connectivity index is 1.33. The molecule has 1 N–H and O–H groups in total. The number of para-hydroxylation sites is 1. The van der Waals surface area contributed by atoms with Gasteiger partial charge in [0.25, 0.3) is 0 Å². The number of fused-ring (bicyclic) bond motifs is 3. The monoisotopic (exact) mass is 493 g/mol. The predicted molar refractivity (Wildman–Crippen MR) is 138 cm³/mol. The number of aryl methyl sites for hydroxylation is 1. The summed E-state index contributed by atoms with van der Waals surface area (Å²) < 4.78 is 4.53. The largest absolute Gasteiger partial charge is 0.358 e. The molecule has 8 heteroatoms. The van der Waals surface area contributed by atoms with Gasteiger partial charge in [0.2, 0.25) is 5.91 Å². The molecular formula is C26H28ClN5OS. The van der Waals surface area contributed by atoms with Gasteiger partial charge in [-0.1, -0.05) is 43.1 Å². The lowest BCUT2D eigenvalue weighted by molar-refractivity contribution is -0.132. The van der Waals surface area contributed by atoms with Crippen LogP contribution >= 0.6 is 23.8 Å². The maximum Gasteiger partial charge on any atom is 0.224 e. The summed E-state index contributed by atoms with van der Waals surface area (Å²) >= 11 is 11.8. The van der Waals surface area contributed by atoms with Gasteiger partial charge in [0.1, 0.15) is 0 Å². The first-order valence-electron chi connectivity index (χ1n) is 11.8. The lowest BCUT2D eigenvalue weighted by Crippen LogP contribution is -2.36. The third-order valence-corrected chi connectivity index (χ3v) is 7.22. The van der Waals surface area contributed by atoms with Crippen LogP contribution in [0.25, 0.3) is 22.3 Å². The number of carbonyl (C=O) groups excluding carboxylic acids is 1. The number of nitrogens with zero attached hydrogens (tertiary/aromatic N) is 4. The minimum absolute atomic E-state index is 0.133. The minimum atomic E-state index is 0.133. The van der Waals surface area contributed by atoms with E-state index >= 15 is 0 Å². The van der Waals surface area contributed by atoms with E-state index in [4.69, 9.17) is 28.9 Å². The Morgan fingerprint density at radius 2 is 1.94 bits per heavy atom. The molecule has 2 aromatic carbocycles. The van der Waals surface area contributed by atoms with E-state index in [1.54, 1.807) is 4.68 Å². The van der Waals surface area contributed by atoms with Gasteiger partial charge in [0.15, 0.2) is 10.6 Å². The molecule has 0 atom stereocenters. The van der Waals surface area contributed by atoms with Gasteiger partial charge in [0, 0.05) is 65.2 Å². The maximum atomic E-state index is 13.1. The van der Waals surface area contributed by atoms with Crippen LogP contribution in [0.4, 0.5) is 0 Å². The molecule has 0 aliphatic carbocycles. The number of hydrogen-bond acceptors (Lipinski definition) is 3. The predicted octanol–water partition coefficient (Wildman–Crippen LogP) is 5.99. The number of benzene rings is 2. The molecule has 6 nitrogen and oxygen atoms in total. The molecule has 0 bridgehead atoms. The molecular weight excluding hydrogens is 466 g/mol. The molecule has 0 radical (unpaired) electrons. The van der Waals surface area contributed by atoms with Gasteiger partial charge >= 0.3 is 0 Å². The van der Waals surface area contributed by atoms with Gasteiger partial charge in [-0.3, -0.25) is 9.36 Å². The number of nitrogens with one attached hydrogen (secondary N) is 1. The van der Waals surface area contributed by atoms with E-state index in [0.717, 1.165) is 49.3 Å². The third-order valence-electron chi connectivity index (χ3n) is 6.53. The average Bonchev–Trinajstić information content (AvgIpc) is 3.38. The lowest BCUT2D eigenvalue weighted by atomic mass is 10.0. The van der Waals surface area contributed by atoms with Crippen LogP contribution in [0, 0.1) is 4.77 Å². The molecule has 176 valence electrons. The SMILES string of the molecule is CCCCn1c(-c2ccc(Cl)cc2)nn(CCC(=O)N2CCc3[nH]c4ccccc4c3C2)c1=S. The fourth-order valence-corrected chi connectivity index (χ4v) is 5.09. The third kappa shape index (κ3) is 4.42. The number of H-pyrrole nitrogens is 1. The molecule has 34 heavy (non-hydrogen) atoms. The van der Waals surface area contributed by atoms with Crippen LogP contribution in [0.3, 0.4) is 0 Å². The molecule has 3 heterocycles. The highest BCUT2D eigenvalue weighted by molar-refractivity contribution is 7.71. The van der Waals surface area contributed by atoms with Crippen LogP contribution in [0.1, 0.15) is 37.4 Å². The first kappa shape index (κ1) is 22.9. The first-order valence-corrected chi connectivity index (χ1v) is 12.6. The molecule has 0 spiro atoms. The van der Waals surface area contributed by atoms with E-state index in [1.165, 1.54) is 16.6 Å². The van der Waals surface area contributed by atoms with Gasteiger partial charge in [-0.2, -0.15) is 5.10 Å². The summed E-state index contributed by atoms with van der Waals surface area (Å²) in [6.45, 7) is 4.80. The highest BCUT2D eigenvalue weighted by Crippen LogP contribution is 2.28. The van der Waals surface area contributed by atoms with Crippen molar-refractivity contribution in [2.45, 2.75) is 52.2 Å². The molecule has 0 unspecified atom stereocenters. The van der Waals surface area contributed by atoms with E-state index in [0.29, 0.717) is 29.3 Å². The topological polar surface area (TPSA) is 58.9 Å². The minimum Gasteiger partial charge on any atom is -0.358 e. The number of hydrogen-bond donors (Lipinski definition) is 1. The number of halogens is 1. The second kappa shape index (κ2) is 9.76. The first-order chi connectivity index (χ1) is 16.5. The molecule has 2 aromatic heterocycles. The van der Waals surface area contributed by atoms with Gasteiger partial charge in [-0.05, 0) is 49.0 Å².